The predicted molar refractivity (Wildman–Crippen MR) is 80.1 cm³/mol. The first kappa shape index (κ1) is 12.6. The van der Waals surface area contributed by atoms with Gasteiger partial charge in [-0.25, -0.2) is 0 Å². The Morgan fingerprint density at radius 1 is 0.900 bits per heavy atom. The third kappa shape index (κ3) is 2.78. The van der Waals surface area contributed by atoms with Crippen molar-refractivity contribution in [1.29, 1.82) is 0 Å². The summed E-state index contributed by atoms with van der Waals surface area (Å²) in [5.41, 5.74) is 1.84. The van der Waals surface area contributed by atoms with Crippen LogP contribution in [0.1, 0.15) is 11.5 Å². The van der Waals surface area contributed by atoms with Gasteiger partial charge in [-0.15, -0.1) is 0 Å². The first-order valence-corrected chi connectivity index (χ1v) is 6.52. The minimum Gasteiger partial charge on any atom is -0.334 e. The number of benzene rings is 2. The van der Waals surface area contributed by atoms with E-state index in [2.05, 4.69) is 10.1 Å². The molecule has 0 saturated carbocycles. The molecule has 1 aromatic heterocycles. The number of halogens is 1. The zero-order valence-electron chi connectivity index (χ0n) is 10.5. The largest absolute Gasteiger partial charge is 0.334 e. The lowest BCUT2D eigenvalue weighted by molar-refractivity contribution is 0.411. The van der Waals surface area contributed by atoms with Crippen molar-refractivity contribution in [1.82, 2.24) is 10.1 Å². The number of aromatic nitrogens is 2. The van der Waals surface area contributed by atoms with Crippen molar-refractivity contribution in [2.24, 2.45) is 0 Å². The standard InChI is InChI=1S/C16H11ClN2O/c17-14-9-5-4-6-12(14)10-11-15-18-16(19-20-15)13-7-2-1-3-8-13/h1-11H/b11-10-. The van der Waals surface area contributed by atoms with Gasteiger partial charge >= 0.3 is 0 Å². The Bertz CT molecular complexity index is 735. The molecule has 0 unspecified atom stereocenters. The van der Waals surface area contributed by atoms with Gasteiger partial charge in [-0.1, -0.05) is 65.3 Å². The highest BCUT2D eigenvalue weighted by atomic mass is 35.5. The fourth-order valence-corrected chi connectivity index (χ4v) is 1.98. The van der Waals surface area contributed by atoms with Gasteiger partial charge in [-0.05, 0) is 17.7 Å². The van der Waals surface area contributed by atoms with Gasteiger partial charge in [-0.2, -0.15) is 4.98 Å². The first-order valence-electron chi connectivity index (χ1n) is 6.15. The Balaban J connectivity index is 1.83. The lowest BCUT2D eigenvalue weighted by Gasteiger charge is -1.94. The topological polar surface area (TPSA) is 38.9 Å². The molecule has 0 fully saturated rings. The molecule has 0 saturated heterocycles. The molecule has 0 aliphatic rings. The number of rotatable bonds is 3. The van der Waals surface area contributed by atoms with Gasteiger partial charge in [0.15, 0.2) is 0 Å². The molecular formula is C16H11ClN2O. The lowest BCUT2D eigenvalue weighted by Crippen LogP contribution is -1.79. The van der Waals surface area contributed by atoms with Crippen LogP contribution in [0.3, 0.4) is 0 Å². The highest BCUT2D eigenvalue weighted by Gasteiger charge is 2.05. The molecule has 1 heterocycles. The van der Waals surface area contributed by atoms with Gasteiger partial charge in [0, 0.05) is 16.7 Å². The van der Waals surface area contributed by atoms with Crippen LogP contribution >= 0.6 is 11.6 Å². The summed E-state index contributed by atoms with van der Waals surface area (Å²) in [5, 5.41) is 4.64. The Hall–Kier alpha value is -2.39. The second-order valence-electron chi connectivity index (χ2n) is 4.18. The molecule has 4 heteroatoms. The Kier molecular flexibility index (Phi) is 3.61. The molecule has 0 aliphatic heterocycles. The van der Waals surface area contributed by atoms with Crippen LogP contribution in [0.25, 0.3) is 23.5 Å². The van der Waals surface area contributed by atoms with Gasteiger partial charge in [-0.3, -0.25) is 0 Å². The van der Waals surface area contributed by atoms with Crippen LogP contribution in [0.5, 0.6) is 0 Å². The summed E-state index contributed by atoms with van der Waals surface area (Å²) < 4.78 is 5.19. The zero-order chi connectivity index (χ0) is 13.8. The monoisotopic (exact) mass is 282 g/mol. The molecule has 98 valence electrons. The van der Waals surface area contributed by atoms with Gasteiger partial charge < -0.3 is 4.52 Å². The molecule has 0 radical (unpaired) electrons. The molecule has 0 aliphatic carbocycles. The molecule has 3 nitrogen and oxygen atoms in total. The van der Waals surface area contributed by atoms with Crippen molar-refractivity contribution < 1.29 is 4.52 Å². The van der Waals surface area contributed by atoms with E-state index in [1.807, 2.05) is 60.7 Å². The number of nitrogens with zero attached hydrogens (tertiary/aromatic N) is 2. The van der Waals surface area contributed by atoms with E-state index in [1.165, 1.54) is 0 Å². The highest BCUT2D eigenvalue weighted by molar-refractivity contribution is 6.32. The maximum Gasteiger partial charge on any atom is 0.250 e. The summed E-state index contributed by atoms with van der Waals surface area (Å²) >= 11 is 6.07. The summed E-state index contributed by atoms with van der Waals surface area (Å²) in [4.78, 5) is 4.32. The fraction of sp³-hybridized carbons (Fsp3) is 0. The highest BCUT2D eigenvalue weighted by Crippen LogP contribution is 2.19. The van der Waals surface area contributed by atoms with Crippen molar-refractivity contribution in [2.45, 2.75) is 0 Å². The summed E-state index contributed by atoms with van der Waals surface area (Å²) in [7, 11) is 0. The molecule has 2 aromatic carbocycles. The van der Waals surface area contributed by atoms with E-state index < -0.39 is 0 Å². The van der Waals surface area contributed by atoms with Crippen LogP contribution < -0.4 is 0 Å². The SMILES string of the molecule is Clc1ccccc1/C=C\c1nc(-c2ccccc2)no1. The number of hydrogen-bond acceptors (Lipinski definition) is 3. The van der Waals surface area contributed by atoms with Gasteiger partial charge in [0.25, 0.3) is 5.89 Å². The third-order valence-electron chi connectivity index (χ3n) is 2.78. The minimum atomic E-state index is 0.448. The number of hydrogen-bond donors (Lipinski definition) is 0. The first-order chi connectivity index (χ1) is 9.83. The Morgan fingerprint density at radius 3 is 2.45 bits per heavy atom. The van der Waals surface area contributed by atoms with Crippen LogP contribution in [-0.4, -0.2) is 10.1 Å². The molecule has 20 heavy (non-hydrogen) atoms. The maximum atomic E-state index is 6.07. The molecule has 0 bridgehead atoms. The molecular weight excluding hydrogens is 272 g/mol. The van der Waals surface area contributed by atoms with E-state index >= 15 is 0 Å². The van der Waals surface area contributed by atoms with E-state index in [0.29, 0.717) is 16.7 Å². The van der Waals surface area contributed by atoms with Crippen molar-refractivity contribution >= 4 is 23.8 Å². The van der Waals surface area contributed by atoms with E-state index in [1.54, 1.807) is 6.08 Å². The van der Waals surface area contributed by atoms with Gasteiger partial charge in [0.2, 0.25) is 5.82 Å². The summed E-state index contributed by atoms with van der Waals surface area (Å²) in [5.74, 6) is 1.02. The molecule has 3 aromatic rings. The second-order valence-corrected chi connectivity index (χ2v) is 4.58. The predicted octanol–water partition coefficient (Wildman–Crippen LogP) is 4.56. The Labute approximate surface area is 121 Å². The van der Waals surface area contributed by atoms with Gasteiger partial charge in [0.1, 0.15) is 0 Å². The van der Waals surface area contributed by atoms with E-state index in [4.69, 9.17) is 16.1 Å². The van der Waals surface area contributed by atoms with E-state index in [-0.39, 0.29) is 0 Å². The normalized spacial score (nSPS) is 11.1. The lowest BCUT2D eigenvalue weighted by atomic mass is 10.2. The average Bonchev–Trinajstić information content (AvgIpc) is 2.96. The zero-order valence-corrected chi connectivity index (χ0v) is 11.3. The van der Waals surface area contributed by atoms with E-state index in [0.717, 1.165) is 11.1 Å². The molecule has 3 rings (SSSR count). The van der Waals surface area contributed by atoms with Crippen LogP contribution in [0.4, 0.5) is 0 Å². The second kappa shape index (κ2) is 5.72. The fourth-order valence-electron chi connectivity index (χ4n) is 1.78. The molecule has 0 amide bonds. The van der Waals surface area contributed by atoms with Crippen LogP contribution in [0.15, 0.2) is 59.1 Å². The Morgan fingerprint density at radius 2 is 1.65 bits per heavy atom. The quantitative estimate of drug-likeness (QED) is 0.707. The van der Waals surface area contributed by atoms with Crippen LogP contribution in [-0.2, 0) is 0 Å². The average molecular weight is 283 g/mol. The molecule has 0 spiro atoms. The minimum absolute atomic E-state index is 0.448. The summed E-state index contributed by atoms with van der Waals surface area (Å²) in [6.45, 7) is 0. The smallest absolute Gasteiger partial charge is 0.250 e. The van der Waals surface area contributed by atoms with Crippen LogP contribution in [0.2, 0.25) is 5.02 Å². The molecule has 0 N–H and O–H groups in total. The van der Waals surface area contributed by atoms with Gasteiger partial charge in [0.05, 0.1) is 0 Å². The van der Waals surface area contributed by atoms with Crippen molar-refractivity contribution in [2.75, 3.05) is 0 Å². The van der Waals surface area contributed by atoms with E-state index in [9.17, 15) is 0 Å². The summed E-state index contributed by atoms with van der Waals surface area (Å²) in [6, 6.07) is 17.3. The van der Waals surface area contributed by atoms with Crippen LogP contribution in [0, 0.1) is 0 Å². The summed E-state index contributed by atoms with van der Waals surface area (Å²) in [6.07, 6.45) is 3.60. The molecule has 0 atom stereocenters. The maximum absolute atomic E-state index is 6.07. The van der Waals surface area contributed by atoms with Crippen molar-refractivity contribution in [3.8, 4) is 11.4 Å². The third-order valence-corrected chi connectivity index (χ3v) is 3.13. The van der Waals surface area contributed by atoms with Crippen molar-refractivity contribution in [3.63, 3.8) is 0 Å². The van der Waals surface area contributed by atoms with Crippen molar-refractivity contribution in [3.05, 3.63) is 71.1 Å².